The van der Waals surface area contributed by atoms with E-state index in [-0.39, 0.29) is 6.79 Å². The van der Waals surface area contributed by atoms with E-state index in [4.69, 9.17) is 14.2 Å². The maximum absolute atomic E-state index is 5.25. The molecule has 0 aliphatic heterocycles. The van der Waals surface area contributed by atoms with Gasteiger partial charge in [-0.25, -0.2) is 0 Å². The average Bonchev–Trinajstić information content (AvgIpc) is 2.35. The molecule has 0 N–H and O–H groups in total. The van der Waals surface area contributed by atoms with Crippen LogP contribution in [0.5, 0.6) is 0 Å². The van der Waals surface area contributed by atoms with E-state index in [2.05, 4.69) is 32.9 Å². The molecule has 0 amide bonds. The first-order chi connectivity index (χ1) is 9.15. The SMILES string of the molecule is COCCOCO/C=C/Cc1c(C)cc(C)cc1C. The molecular formula is C16H24O3. The number of rotatable bonds is 8. The van der Waals surface area contributed by atoms with Crippen molar-refractivity contribution in [3.05, 3.63) is 46.7 Å². The van der Waals surface area contributed by atoms with Gasteiger partial charge in [0.2, 0.25) is 0 Å². The molecular weight excluding hydrogens is 240 g/mol. The van der Waals surface area contributed by atoms with Gasteiger partial charge in [0, 0.05) is 7.11 Å². The lowest BCUT2D eigenvalue weighted by Gasteiger charge is -2.09. The van der Waals surface area contributed by atoms with Crippen molar-refractivity contribution in [3.8, 4) is 0 Å². The third-order valence-corrected chi connectivity index (χ3v) is 2.94. The van der Waals surface area contributed by atoms with Crippen molar-refractivity contribution in [1.29, 1.82) is 0 Å². The van der Waals surface area contributed by atoms with Crippen molar-refractivity contribution in [2.45, 2.75) is 27.2 Å². The van der Waals surface area contributed by atoms with Crippen LogP contribution in [-0.4, -0.2) is 27.1 Å². The van der Waals surface area contributed by atoms with Crippen LogP contribution in [0.4, 0.5) is 0 Å². The average molecular weight is 264 g/mol. The summed E-state index contributed by atoms with van der Waals surface area (Å²) in [6, 6.07) is 4.43. The van der Waals surface area contributed by atoms with Crippen LogP contribution in [0.2, 0.25) is 0 Å². The fourth-order valence-electron chi connectivity index (χ4n) is 2.05. The molecule has 0 unspecified atom stereocenters. The molecule has 0 aliphatic carbocycles. The van der Waals surface area contributed by atoms with Crippen LogP contribution in [0.25, 0.3) is 0 Å². The fraction of sp³-hybridized carbons (Fsp3) is 0.500. The third-order valence-electron chi connectivity index (χ3n) is 2.94. The minimum Gasteiger partial charge on any atom is -0.475 e. The molecule has 0 spiro atoms. The number of hydrogen-bond donors (Lipinski definition) is 0. The Hall–Kier alpha value is -1.32. The molecule has 1 aromatic rings. The highest BCUT2D eigenvalue weighted by molar-refractivity contribution is 5.38. The lowest BCUT2D eigenvalue weighted by Crippen LogP contribution is -2.03. The van der Waals surface area contributed by atoms with Crippen LogP contribution < -0.4 is 0 Å². The standard InChI is InChI=1S/C16H24O3/c1-13-10-14(2)16(15(3)11-13)6-5-7-18-12-19-9-8-17-4/h5,7,10-11H,6,8-9,12H2,1-4H3/b7-5+. The molecule has 0 saturated heterocycles. The van der Waals surface area contributed by atoms with Crippen molar-refractivity contribution < 1.29 is 14.2 Å². The van der Waals surface area contributed by atoms with Crippen LogP contribution in [0.15, 0.2) is 24.5 Å². The van der Waals surface area contributed by atoms with Gasteiger partial charge in [0.1, 0.15) is 0 Å². The van der Waals surface area contributed by atoms with E-state index < -0.39 is 0 Å². The van der Waals surface area contributed by atoms with E-state index in [1.807, 2.05) is 6.08 Å². The molecule has 19 heavy (non-hydrogen) atoms. The minimum atomic E-state index is 0.270. The van der Waals surface area contributed by atoms with Crippen molar-refractivity contribution in [1.82, 2.24) is 0 Å². The molecule has 106 valence electrons. The number of aryl methyl sites for hydroxylation is 3. The molecule has 0 heterocycles. The second kappa shape index (κ2) is 8.73. The third kappa shape index (κ3) is 5.90. The van der Waals surface area contributed by atoms with Gasteiger partial charge in [-0.1, -0.05) is 17.7 Å². The Morgan fingerprint density at radius 3 is 2.37 bits per heavy atom. The maximum Gasteiger partial charge on any atom is 0.188 e. The molecule has 0 fully saturated rings. The van der Waals surface area contributed by atoms with E-state index in [9.17, 15) is 0 Å². The number of methoxy groups -OCH3 is 1. The number of ether oxygens (including phenoxy) is 3. The highest BCUT2D eigenvalue weighted by atomic mass is 16.7. The predicted octanol–water partition coefficient (Wildman–Crippen LogP) is 3.31. The summed E-state index contributed by atoms with van der Waals surface area (Å²) in [5, 5.41) is 0. The summed E-state index contributed by atoms with van der Waals surface area (Å²) in [5.41, 5.74) is 5.34. The Balaban J connectivity index is 2.32. The molecule has 0 aromatic heterocycles. The fourth-order valence-corrected chi connectivity index (χ4v) is 2.05. The van der Waals surface area contributed by atoms with E-state index in [1.165, 1.54) is 22.3 Å². The molecule has 0 aliphatic rings. The topological polar surface area (TPSA) is 27.7 Å². The van der Waals surface area contributed by atoms with Gasteiger partial charge in [-0.05, 0) is 50.0 Å². The Kier molecular flexibility index (Phi) is 7.23. The summed E-state index contributed by atoms with van der Waals surface area (Å²) in [6.45, 7) is 7.84. The van der Waals surface area contributed by atoms with Crippen LogP contribution in [0, 0.1) is 20.8 Å². The van der Waals surface area contributed by atoms with Gasteiger partial charge in [0.15, 0.2) is 6.79 Å². The van der Waals surface area contributed by atoms with Gasteiger partial charge in [-0.3, -0.25) is 0 Å². The zero-order valence-corrected chi connectivity index (χ0v) is 12.4. The molecule has 3 nitrogen and oxygen atoms in total. The molecule has 0 bridgehead atoms. The quantitative estimate of drug-likeness (QED) is 0.409. The number of allylic oxidation sites excluding steroid dienone is 1. The number of hydrogen-bond acceptors (Lipinski definition) is 3. The van der Waals surface area contributed by atoms with Crippen molar-refractivity contribution in [2.75, 3.05) is 27.1 Å². The van der Waals surface area contributed by atoms with Crippen LogP contribution >= 0.6 is 0 Å². The Morgan fingerprint density at radius 1 is 1.05 bits per heavy atom. The van der Waals surface area contributed by atoms with Gasteiger partial charge >= 0.3 is 0 Å². The smallest absolute Gasteiger partial charge is 0.188 e. The van der Waals surface area contributed by atoms with Gasteiger partial charge in [0.05, 0.1) is 19.5 Å². The molecule has 0 radical (unpaired) electrons. The second-order valence-corrected chi connectivity index (χ2v) is 4.64. The van der Waals surface area contributed by atoms with Gasteiger partial charge < -0.3 is 14.2 Å². The summed E-state index contributed by atoms with van der Waals surface area (Å²) >= 11 is 0. The van der Waals surface area contributed by atoms with Crippen LogP contribution in [0.1, 0.15) is 22.3 Å². The molecule has 3 heteroatoms. The maximum atomic E-state index is 5.25. The monoisotopic (exact) mass is 264 g/mol. The Labute approximate surface area is 116 Å². The van der Waals surface area contributed by atoms with Crippen molar-refractivity contribution in [2.24, 2.45) is 0 Å². The van der Waals surface area contributed by atoms with E-state index >= 15 is 0 Å². The zero-order chi connectivity index (χ0) is 14.1. The predicted molar refractivity (Wildman–Crippen MR) is 77.3 cm³/mol. The highest BCUT2D eigenvalue weighted by Crippen LogP contribution is 2.17. The summed E-state index contributed by atoms with van der Waals surface area (Å²) in [7, 11) is 1.65. The molecule has 0 atom stereocenters. The minimum absolute atomic E-state index is 0.270. The van der Waals surface area contributed by atoms with E-state index in [0.717, 1.165) is 6.42 Å². The first-order valence-electron chi connectivity index (χ1n) is 6.55. The molecule has 1 rings (SSSR count). The van der Waals surface area contributed by atoms with E-state index in [1.54, 1.807) is 13.4 Å². The Morgan fingerprint density at radius 2 is 1.74 bits per heavy atom. The summed E-state index contributed by atoms with van der Waals surface area (Å²) in [6.07, 6.45) is 4.60. The van der Waals surface area contributed by atoms with E-state index in [0.29, 0.717) is 13.2 Å². The highest BCUT2D eigenvalue weighted by Gasteiger charge is 2.01. The lowest BCUT2D eigenvalue weighted by molar-refractivity contribution is -0.0299. The van der Waals surface area contributed by atoms with Gasteiger partial charge in [-0.15, -0.1) is 0 Å². The second-order valence-electron chi connectivity index (χ2n) is 4.64. The normalized spacial score (nSPS) is 11.2. The largest absolute Gasteiger partial charge is 0.475 e. The first-order valence-corrected chi connectivity index (χ1v) is 6.55. The van der Waals surface area contributed by atoms with Crippen LogP contribution in [0.3, 0.4) is 0 Å². The van der Waals surface area contributed by atoms with Crippen LogP contribution in [-0.2, 0) is 20.6 Å². The van der Waals surface area contributed by atoms with Gasteiger partial charge in [0.25, 0.3) is 0 Å². The number of benzene rings is 1. The lowest BCUT2D eigenvalue weighted by atomic mass is 9.97. The Bertz CT molecular complexity index is 387. The molecule has 0 saturated carbocycles. The van der Waals surface area contributed by atoms with Gasteiger partial charge in [-0.2, -0.15) is 0 Å². The summed E-state index contributed by atoms with van der Waals surface area (Å²) in [4.78, 5) is 0. The summed E-state index contributed by atoms with van der Waals surface area (Å²) < 4.78 is 15.3. The first kappa shape index (κ1) is 15.7. The molecule has 1 aromatic carbocycles. The zero-order valence-electron chi connectivity index (χ0n) is 12.4. The van der Waals surface area contributed by atoms with Crippen molar-refractivity contribution in [3.63, 3.8) is 0 Å². The van der Waals surface area contributed by atoms with Crippen molar-refractivity contribution >= 4 is 0 Å². The summed E-state index contributed by atoms with van der Waals surface area (Å²) in [5.74, 6) is 0.